The Kier molecular flexibility index (Phi) is 5.55. The number of halogens is 1. The molecule has 3 aromatic rings. The van der Waals surface area contributed by atoms with Gasteiger partial charge in [-0.2, -0.15) is 5.26 Å². The summed E-state index contributed by atoms with van der Waals surface area (Å²) in [5.74, 6) is -0.294. The predicted octanol–water partition coefficient (Wildman–Crippen LogP) is 2.88. The fourth-order valence-corrected chi connectivity index (χ4v) is 4.66. The van der Waals surface area contributed by atoms with E-state index < -0.39 is 5.44 Å². The number of fused-ring (bicyclic) bond motifs is 1. The number of benzene rings is 1. The fourth-order valence-electron chi connectivity index (χ4n) is 4.66. The largest absolute Gasteiger partial charge is 0.364 e. The van der Waals surface area contributed by atoms with Crippen molar-refractivity contribution in [2.24, 2.45) is 7.05 Å². The van der Waals surface area contributed by atoms with Crippen LogP contribution in [0.3, 0.4) is 0 Å². The van der Waals surface area contributed by atoms with Crippen molar-refractivity contribution in [2.75, 3.05) is 18.0 Å². The predicted molar refractivity (Wildman–Crippen MR) is 124 cm³/mol. The molecule has 4 rings (SSSR count). The lowest BCUT2D eigenvalue weighted by molar-refractivity contribution is 0.0924. The summed E-state index contributed by atoms with van der Waals surface area (Å²) >= 11 is 0. The van der Waals surface area contributed by atoms with Crippen molar-refractivity contribution in [3.05, 3.63) is 69.9 Å². The van der Waals surface area contributed by atoms with Crippen LogP contribution in [-0.2, 0) is 12.5 Å². The lowest BCUT2D eigenvalue weighted by Crippen LogP contribution is -2.62. The summed E-state index contributed by atoms with van der Waals surface area (Å²) in [6.07, 6.45) is 0. The highest BCUT2D eigenvalue weighted by Gasteiger charge is 2.38. The normalized spacial score (nSPS) is 21.3. The average Bonchev–Trinajstić information content (AvgIpc) is 2.77. The number of aryl methyl sites for hydroxylation is 1. The Bertz CT molecular complexity index is 1260. The third kappa shape index (κ3) is 3.67. The van der Waals surface area contributed by atoms with Gasteiger partial charge in [0.1, 0.15) is 30.9 Å². The van der Waals surface area contributed by atoms with Crippen molar-refractivity contribution >= 4 is 24.6 Å². The van der Waals surface area contributed by atoms with Crippen LogP contribution in [0.2, 0.25) is 0 Å². The highest BCUT2D eigenvalue weighted by molar-refractivity contribution is 6.15. The number of aromatic nitrogens is 2. The van der Waals surface area contributed by atoms with E-state index in [0.29, 0.717) is 29.8 Å². The molecule has 32 heavy (non-hydrogen) atoms. The van der Waals surface area contributed by atoms with Gasteiger partial charge in [0.25, 0.3) is 5.56 Å². The zero-order valence-electron chi connectivity index (χ0n) is 18.7. The quantitative estimate of drug-likeness (QED) is 0.600. The van der Waals surface area contributed by atoms with E-state index in [1.165, 1.54) is 12.1 Å². The molecule has 0 amide bonds. The van der Waals surface area contributed by atoms with Gasteiger partial charge in [0.15, 0.2) is 0 Å². The van der Waals surface area contributed by atoms with E-state index in [-0.39, 0.29) is 23.5 Å². The van der Waals surface area contributed by atoms with Gasteiger partial charge in [-0.25, -0.2) is 9.37 Å². The molecular weight excluding hydrogens is 404 g/mol. The minimum Gasteiger partial charge on any atom is -0.364 e. The highest BCUT2D eigenvalue weighted by atomic mass is 19.1. The summed E-state index contributed by atoms with van der Waals surface area (Å²) in [6.45, 7) is 7.37. The monoisotopic (exact) mass is 429 g/mol. The molecule has 6 nitrogen and oxygen atoms in total. The number of hydrogen-bond acceptors (Lipinski definition) is 5. The Hall–Kier alpha value is -3.18. The zero-order valence-corrected chi connectivity index (χ0v) is 18.7. The highest BCUT2D eigenvalue weighted by Crippen LogP contribution is 2.34. The maximum Gasteiger partial charge on any atom is 0.252 e. The summed E-state index contributed by atoms with van der Waals surface area (Å²) in [5.41, 5.74) is 2.27. The van der Waals surface area contributed by atoms with E-state index in [1.807, 2.05) is 6.92 Å². The van der Waals surface area contributed by atoms with E-state index >= 15 is 0 Å². The molecule has 0 N–H and O–H groups in total. The van der Waals surface area contributed by atoms with Crippen LogP contribution in [0.15, 0.2) is 47.3 Å². The number of rotatable bonds is 3. The van der Waals surface area contributed by atoms with Crippen LogP contribution in [0.1, 0.15) is 32.0 Å². The summed E-state index contributed by atoms with van der Waals surface area (Å²) in [4.78, 5) is 21.5. The molecule has 3 atom stereocenters. The SMILES string of the molecule is [B]C(C)(c1ccc(F)cc1)N1C[C@H](C)N(c2cc(=O)n(C)c3ccc(C#N)nc23)C[C@H]1C. The Morgan fingerprint density at radius 2 is 1.84 bits per heavy atom. The van der Waals surface area contributed by atoms with Gasteiger partial charge in [0.2, 0.25) is 0 Å². The maximum atomic E-state index is 13.4. The Balaban J connectivity index is 1.72. The second kappa shape index (κ2) is 8.07. The molecule has 3 heterocycles. The third-order valence-electron chi connectivity index (χ3n) is 6.50. The molecule has 0 aliphatic carbocycles. The van der Waals surface area contributed by atoms with Gasteiger partial charge in [-0.3, -0.25) is 9.69 Å². The van der Waals surface area contributed by atoms with Crippen molar-refractivity contribution < 1.29 is 4.39 Å². The van der Waals surface area contributed by atoms with E-state index in [9.17, 15) is 14.4 Å². The van der Waals surface area contributed by atoms with Gasteiger partial charge in [-0.05, 0) is 43.7 Å². The molecule has 0 spiro atoms. The summed E-state index contributed by atoms with van der Waals surface area (Å²) in [6, 6.07) is 13.4. The zero-order chi connectivity index (χ0) is 23.2. The number of nitriles is 1. The van der Waals surface area contributed by atoms with Gasteiger partial charge >= 0.3 is 0 Å². The molecule has 1 unspecified atom stereocenters. The molecule has 0 saturated carbocycles. The van der Waals surface area contributed by atoms with E-state index in [1.54, 1.807) is 41.9 Å². The lowest BCUT2D eigenvalue weighted by atomic mass is 9.71. The van der Waals surface area contributed by atoms with Gasteiger partial charge < -0.3 is 9.47 Å². The second-order valence-corrected chi connectivity index (χ2v) is 8.76. The number of nitrogens with zero attached hydrogens (tertiary/aromatic N) is 5. The number of piperazine rings is 1. The topological polar surface area (TPSA) is 65.2 Å². The van der Waals surface area contributed by atoms with Crippen LogP contribution in [0.25, 0.3) is 11.0 Å². The first-order valence-electron chi connectivity index (χ1n) is 10.6. The van der Waals surface area contributed by atoms with Crippen LogP contribution in [0, 0.1) is 17.1 Å². The molecule has 1 saturated heterocycles. The molecule has 2 radical (unpaired) electrons. The molecule has 1 aliphatic rings. The maximum absolute atomic E-state index is 13.4. The van der Waals surface area contributed by atoms with Crippen LogP contribution in [0.5, 0.6) is 0 Å². The van der Waals surface area contributed by atoms with Crippen LogP contribution in [0.4, 0.5) is 10.1 Å². The van der Waals surface area contributed by atoms with Crippen LogP contribution >= 0.6 is 0 Å². The van der Waals surface area contributed by atoms with Gasteiger partial charge in [0.05, 0.1) is 11.2 Å². The summed E-state index contributed by atoms with van der Waals surface area (Å²) < 4.78 is 15.0. The van der Waals surface area contributed by atoms with Crippen LogP contribution < -0.4 is 10.5 Å². The second-order valence-electron chi connectivity index (χ2n) is 8.76. The third-order valence-corrected chi connectivity index (χ3v) is 6.50. The molecular formula is C24H25BFN5O. The molecule has 162 valence electrons. The lowest BCUT2D eigenvalue weighted by Gasteiger charge is -2.52. The molecule has 1 aliphatic heterocycles. The average molecular weight is 429 g/mol. The summed E-state index contributed by atoms with van der Waals surface area (Å²) in [5, 5.41) is 9.33. The van der Waals surface area contributed by atoms with E-state index in [0.717, 1.165) is 11.3 Å². The van der Waals surface area contributed by atoms with Crippen molar-refractivity contribution in [3.63, 3.8) is 0 Å². The van der Waals surface area contributed by atoms with Crippen molar-refractivity contribution in [2.45, 2.75) is 38.3 Å². The van der Waals surface area contributed by atoms with E-state index in [2.05, 4.69) is 34.7 Å². The van der Waals surface area contributed by atoms with Gasteiger partial charge in [-0.1, -0.05) is 19.1 Å². The molecule has 1 aromatic carbocycles. The smallest absolute Gasteiger partial charge is 0.252 e. The fraction of sp³-hybridized carbons (Fsp3) is 0.375. The number of anilines is 1. The molecule has 2 aromatic heterocycles. The minimum absolute atomic E-state index is 0.0253. The first-order chi connectivity index (χ1) is 15.1. The number of hydrogen-bond donors (Lipinski definition) is 0. The van der Waals surface area contributed by atoms with Gasteiger partial charge in [0, 0.05) is 43.7 Å². The Labute approximate surface area is 188 Å². The summed E-state index contributed by atoms with van der Waals surface area (Å²) in [7, 11) is 8.46. The minimum atomic E-state index is -0.783. The molecule has 8 heteroatoms. The Morgan fingerprint density at radius 3 is 2.50 bits per heavy atom. The van der Waals surface area contributed by atoms with Crippen molar-refractivity contribution in [1.29, 1.82) is 5.26 Å². The van der Waals surface area contributed by atoms with Crippen LogP contribution in [-0.4, -0.2) is 47.5 Å². The first kappa shape index (κ1) is 22.0. The molecule has 0 bridgehead atoms. The van der Waals surface area contributed by atoms with E-state index in [4.69, 9.17) is 7.85 Å². The van der Waals surface area contributed by atoms with Crippen molar-refractivity contribution in [3.8, 4) is 6.07 Å². The first-order valence-corrected chi connectivity index (χ1v) is 10.6. The van der Waals surface area contributed by atoms with Gasteiger partial charge in [-0.15, -0.1) is 0 Å². The Morgan fingerprint density at radius 1 is 1.16 bits per heavy atom. The standard InChI is InChI=1S/C24H25BFN5O/c1-15-14-31(24(3,25)17-5-7-18(26)8-6-17)16(2)13-30(15)21-11-22(32)29(4)20-10-9-19(12-27)28-23(20)21/h5-11,15-16H,13-14H2,1-4H3/t15-,16+,24?/m0/s1. The van der Waals surface area contributed by atoms with Crippen molar-refractivity contribution in [1.82, 2.24) is 14.5 Å². The molecule has 1 fully saturated rings. The number of pyridine rings is 2.